The first-order valence-corrected chi connectivity index (χ1v) is 4.94. The Balaban J connectivity index is 3.11. The van der Waals surface area contributed by atoms with Gasteiger partial charge < -0.3 is 5.11 Å². The third-order valence-corrected chi connectivity index (χ3v) is 2.55. The Morgan fingerprint density at radius 1 is 1.36 bits per heavy atom. The average Bonchev–Trinajstić information content (AvgIpc) is 2.10. The molecular formula is C11H13ClO2. The quantitative estimate of drug-likeness (QED) is 0.783. The molecule has 76 valence electrons. The lowest BCUT2D eigenvalue weighted by atomic mass is 9.97. The van der Waals surface area contributed by atoms with Crippen LogP contribution >= 0.6 is 11.6 Å². The van der Waals surface area contributed by atoms with Crippen molar-refractivity contribution in [3.8, 4) is 0 Å². The molecule has 0 unspecified atom stereocenters. The van der Waals surface area contributed by atoms with E-state index in [0.29, 0.717) is 5.88 Å². The maximum Gasteiger partial charge on any atom is 0.307 e. The number of rotatable bonds is 3. The van der Waals surface area contributed by atoms with Gasteiger partial charge >= 0.3 is 5.97 Å². The molecule has 0 atom stereocenters. The van der Waals surface area contributed by atoms with E-state index in [-0.39, 0.29) is 6.42 Å². The monoisotopic (exact) mass is 212 g/mol. The summed E-state index contributed by atoms with van der Waals surface area (Å²) in [5.41, 5.74) is 3.94. The number of halogens is 1. The number of alkyl halides is 1. The first-order chi connectivity index (χ1) is 6.54. The molecule has 0 bridgehead atoms. The number of hydrogen-bond donors (Lipinski definition) is 1. The lowest BCUT2D eigenvalue weighted by Crippen LogP contribution is -2.04. The highest BCUT2D eigenvalue weighted by Crippen LogP contribution is 2.18. The van der Waals surface area contributed by atoms with Crippen molar-refractivity contribution in [3.05, 3.63) is 34.4 Å². The fraction of sp³-hybridized carbons (Fsp3) is 0.364. The molecule has 0 aliphatic heterocycles. The zero-order chi connectivity index (χ0) is 10.7. The number of aliphatic carboxylic acids is 1. The van der Waals surface area contributed by atoms with Gasteiger partial charge in [-0.2, -0.15) is 0 Å². The van der Waals surface area contributed by atoms with Crippen LogP contribution in [0.2, 0.25) is 0 Å². The molecule has 0 amide bonds. The van der Waals surface area contributed by atoms with E-state index in [4.69, 9.17) is 16.7 Å². The second-order valence-corrected chi connectivity index (χ2v) is 3.68. The smallest absolute Gasteiger partial charge is 0.307 e. The van der Waals surface area contributed by atoms with Crippen molar-refractivity contribution < 1.29 is 9.90 Å². The molecule has 0 saturated heterocycles. The SMILES string of the molecule is Cc1cc(CCl)cc(C)c1CC(=O)O. The Bertz CT molecular complexity index is 335. The van der Waals surface area contributed by atoms with Gasteiger partial charge in [0.25, 0.3) is 0 Å². The summed E-state index contributed by atoms with van der Waals surface area (Å²) in [6, 6.07) is 3.89. The van der Waals surface area contributed by atoms with E-state index in [1.165, 1.54) is 0 Å². The summed E-state index contributed by atoms with van der Waals surface area (Å²) >= 11 is 5.71. The molecule has 3 heteroatoms. The molecule has 0 aliphatic rings. The van der Waals surface area contributed by atoms with E-state index in [1.807, 2.05) is 26.0 Å². The van der Waals surface area contributed by atoms with Crippen molar-refractivity contribution >= 4 is 17.6 Å². The molecule has 0 spiro atoms. The van der Waals surface area contributed by atoms with Crippen molar-refractivity contribution in [1.82, 2.24) is 0 Å². The normalized spacial score (nSPS) is 10.2. The molecular weight excluding hydrogens is 200 g/mol. The number of carboxylic acids is 1. The summed E-state index contributed by atoms with van der Waals surface area (Å²) in [5.74, 6) is -0.329. The molecule has 1 rings (SSSR count). The molecule has 2 nitrogen and oxygen atoms in total. The van der Waals surface area contributed by atoms with Crippen LogP contribution in [0.25, 0.3) is 0 Å². The molecule has 14 heavy (non-hydrogen) atoms. The Morgan fingerprint density at radius 2 is 1.86 bits per heavy atom. The molecule has 0 saturated carbocycles. The van der Waals surface area contributed by atoms with Gasteiger partial charge in [0.05, 0.1) is 6.42 Å². The number of hydrogen-bond acceptors (Lipinski definition) is 1. The number of carboxylic acid groups (broad SMARTS) is 1. The predicted octanol–water partition coefficient (Wildman–Crippen LogP) is 2.67. The second-order valence-electron chi connectivity index (χ2n) is 3.41. The molecule has 1 aromatic carbocycles. The zero-order valence-electron chi connectivity index (χ0n) is 8.30. The second kappa shape index (κ2) is 4.47. The van der Waals surface area contributed by atoms with E-state index >= 15 is 0 Å². The van der Waals surface area contributed by atoms with Crippen LogP contribution < -0.4 is 0 Å². The van der Waals surface area contributed by atoms with Crippen LogP contribution in [0.1, 0.15) is 22.3 Å². The van der Waals surface area contributed by atoms with E-state index in [1.54, 1.807) is 0 Å². The van der Waals surface area contributed by atoms with E-state index in [2.05, 4.69) is 0 Å². The average molecular weight is 213 g/mol. The van der Waals surface area contributed by atoms with Gasteiger partial charge in [-0.15, -0.1) is 11.6 Å². The highest BCUT2D eigenvalue weighted by Gasteiger charge is 2.08. The largest absolute Gasteiger partial charge is 0.481 e. The predicted molar refractivity (Wildman–Crippen MR) is 56.8 cm³/mol. The van der Waals surface area contributed by atoms with Crippen LogP contribution in [0.5, 0.6) is 0 Å². The van der Waals surface area contributed by atoms with E-state index in [9.17, 15) is 4.79 Å². The molecule has 1 N–H and O–H groups in total. The van der Waals surface area contributed by atoms with Crippen LogP contribution in [-0.2, 0) is 17.1 Å². The minimum absolute atomic E-state index is 0.0836. The van der Waals surface area contributed by atoms with Crippen molar-refractivity contribution in [2.24, 2.45) is 0 Å². The molecule has 0 heterocycles. The first-order valence-electron chi connectivity index (χ1n) is 4.41. The topological polar surface area (TPSA) is 37.3 Å². The highest BCUT2D eigenvalue weighted by molar-refractivity contribution is 6.17. The maximum atomic E-state index is 10.6. The van der Waals surface area contributed by atoms with Gasteiger partial charge in [0, 0.05) is 5.88 Å². The van der Waals surface area contributed by atoms with Gasteiger partial charge in [-0.3, -0.25) is 4.79 Å². The summed E-state index contributed by atoms with van der Waals surface area (Å²) < 4.78 is 0. The van der Waals surface area contributed by atoms with Gasteiger partial charge in [0.15, 0.2) is 0 Å². The minimum Gasteiger partial charge on any atom is -0.481 e. The van der Waals surface area contributed by atoms with Crippen LogP contribution in [0, 0.1) is 13.8 Å². The number of aryl methyl sites for hydroxylation is 2. The van der Waals surface area contributed by atoms with Crippen LogP contribution in [0.15, 0.2) is 12.1 Å². The number of benzene rings is 1. The lowest BCUT2D eigenvalue weighted by Gasteiger charge is -2.09. The Labute approximate surface area is 88.5 Å². The summed E-state index contributed by atoms with van der Waals surface area (Å²) in [6.07, 6.45) is 0.0836. The maximum absolute atomic E-state index is 10.6. The van der Waals surface area contributed by atoms with E-state index < -0.39 is 5.97 Å². The third-order valence-electron chi connectivity index (χ3n) is 2.24. The first kappa shape index (κ1) is 11.1. The van der Waals surface area contributed by atoms with Gasteiger partial charge in [-0.1, -0.05) is 12.1 Å². The van der Waals surface area contributed by atoms with Gasteiger partial charge in [0.1, 0.15) is 0 Å². The van der Waals surface area contributed by atoms with Crippen molar-refractivity contribution in [3.63, 3.8) is 0 Å². The van der Waals surface area contributed by atoms with Crippen LogP contribution in [0.3, 0.4) is 0 Å². The van der Waals surface area contributed by atoms with Gasteiger partial charge in [0.2, 0.25) is 0 Å². The Morgan fingerprint density at radius 3 is 2.21 bits per heavy atom. The summed E-state index contributed by atoms with van der Waals surface area (Å²) in [5, 5.41) is 8.72. The fourth-order valence-electron chi connectivity index (χ4n) is 1.59. The summed E-state index contributed by atoms with van der Waals surface area (Å²) in [6.45, 7) is 3.84. The molecule has 1 aromatic rings. The van der Waals surface area contributed by atoms with Crippen molar-refractivity contribution in [1.29, 1.82) is 0 Å². The van der Waals surface area contributed by atoms with Crippen LogP contribution in [-0.4, -0.2) is 11.1 Å². The highest BCUT2D eigenvalue weighted by atomic mass is 35.5. The summed E-state index contributed by atoms with van der Waals surface area (Å²) in [7, 11) is 0. The van der Waals surface area contributed by atoms with Crippen LogP contribution in [0.4, 0.5) is 0 Å². The Kier molecular flexibility index (Phi) is 3.53. The lowest BCUT2D eigenvalue weighted by molar-refractivity contribution is -0.136. The standard InChI is InChI=1S/C11H13ClO2/c1-7-3-9(6-12)4-8(2)10(7)5-11(13)14/h3-4H,5-6H2,1-2H3,(H,13,14). The Hall–Kier alpha value is -1.02. The molecule has 0 aliphatic carbocycles. The zero-order valence-corrected chi connectivity index (χ0v) is 9.06. The summed E-state index contributed by atoms with van der Waals surface area (Å²) in [4.78, 5) is 10.6. The third kappa shape index (κ3) is 2.48. The van der Waals surface area contributed by atoms with Gasteiger partial charge in [-0.05, 0) is 36.1 Å². The van der Waals surface area contributed by atoms with E-state index in [0.717, 1.165) is 22.3 Å². The molecule has 0 aromatic heterocycles. The molecule has 0 radical (unpaired) electrons. The van der Waals surface area contributed by atoms with Crippen molar-refractivity contribution in [2.45, 2.75) is 26.1 Å². The van der Waals surface area contributed by atoms with Crippen molar-refractivity contribution in [2.75, 3.05) is 0 Å². The van der Waals surface area contributed by atoms with Gasteiger partial charge in [-0.25, -0.2) is 0 Å². The number of carbonyl (C=O) groups is 1. The fourth-order valence-corrected chi connectivity index (χ4v) is 1.74. The molecule has 0 fully saturated rings. The minimum atomic E-state index is -0.796.